The number of halogens is 7. The summed E-state index contributed by atoms with van der Waals surface area (Å²) in [5.74, 6) is -1.67. The highest BCUT2D eigenvalue weighted by Crippen LogP contribution is 2.37. The maximum atomic E-state index is 13.9. The third-order valence-electron chi connectivity index (χ3n) is 4.33. The van der Waals surface area contributed by atoms with Crippen LogP contribution in [-0.2, 0) is 16.2 Å². The first-order chi connectivity index (χ1) is 15.1. The number of amides is 1. The van der Waals surface area contributed by atoms with Gasteiger partial charge in [-0.15, -0.1) is 5.10 Å². The molecule has 2 aromatic carbocycles. The monoisotopic (exact) mass is 560 g/mol. The second-order valence-electron chi connectivity index (χ2n) is 6.72. The van der Waals surface area contributed by atoms with Crippen LogP contribution in [0.5, 0.6) is 0 Å². The first-order valence-electron chi connectivity index (χ1n) is 8.65. The van der Waals surface area contributed by atoms with Crippen LogP contribution in [0.25, 0.3) is 5.69 Å². The standard InChI is InChI=1S/C18H11Cl4F3N4O3S/c1-7-3-9(19)8(2)14(4-7)33(31,32)27-17(30)15-16(18(23,24)25)29(28-26-15)13-6-11(21)10(20)5-12(13)22/h3-6H,1-2H3,(H,27,30). The Kier molecular flexibility index (Phi) is 6.94. The summed E-state index contributed by atoms with van der Waals surface area (Å²) in [6.45, 7) is 2.94. The van der Waals surface area contributed by atoms with E-state index in [1.54, 1.807) is 11.6 Å². The number of rotatable bonds is 4. The average Bonchev–Trinajstić information content (AvgIpc) is 3.12. The molecular weight excluding hydrogens is 551 g/mol. The van der Waals surface area contributed by atoms with Crippen LogP contribution in [0.15, 0.2) is 29.2 Å². The Labute approximate surface area is 205 Å². The molecule has 3 rings (SSSR count). The van der Waals surface area contributed by atoms with E-state index in [-0.39, 0.29) is 40.9 Å². The van der Waals surface area contributed by atoms with E-state index in [2.05, 4.69) is 10.3 Å². The van der Waals surface area contributed by atoms with E-state index < -0.39 is 33.5 Å². The quantitative estimate of drug-likeness (QED) is 0.416. The van der Waals surface area contributed by atoms with Gasteiger partial charge < -0.3 is 0 Å². The number of carbonyl (C=O) groups is 1. The summed E-state index contributed by atoms with van der Waals surface area (Å²) in [6, 6.07) is 4.78. The summed E-state index contributed by atoms with van der Waals surface area (Å²) in [5.41, 5.74) is -2.80. The molecule has 176 valence electrons. The van der Waals surface area contributed by atoms with Gasteiger partial charge in [0.05, 0.1) is 25.7 Å². The Hall–Kier alpha value is -2.05. The summed E-state index contributed by atoms with van der Waals surface area (Å²) in [5, 5.41) is 6.23. The molecule has 0 radical (unpaired) electrons. The van der Waals surface area contributed by atoms with Crippen molar-refractivity contribution in [2.75, 3.05) is 0 Å². The molecule has 1 amide bonds. The van der Waals surface area contributed by atoms with E-state index >= 15 is 0 Å². The Morgan fingerprint density at radius 3 is 2.18 bits per heavy atom. The summed E-state index contributed by atoms with van der Waals surface area (Å²) in [6.07, 6.45) is -5.18. The zero-order chi connectivity index (χ0) is 24.9. The Morgan fingerprint density at radius 2 is 1.58 bits per heavy atom. The number of nitrogens with one attached hydrogen (secondary N) is 1. The number of sulfonamides is 1. The first-order valence-corrected chi connectivity index (χ1v) is 11.6. The number of aryl methyl sites for hydroxylation is 1. The largest absolute Gasteiger partial charge is 0.435 e. The molecule has 1 heterocycles. The highest BCUT2D eigenvalue weighted by molar-refractivity contribution is 7.90. The minimum atomic E-state index is -5.18. The van der Waals surface area contributed by atoms with E-state index in [4.69, 9.17) is 46.4 Å². The van der Waals surface area contributed by atoms with Crippen LogP contribution in [-0.4, -0.2) is 29.3 Å². The maximum absolute atomic E-state index is 13.9. The fourth-order valence-corrected chi connectivity index (χ4v) is 5.08. The lowest BCUT2D eigenvalue weighted by Crippen LogP contribution is -2.33. The highest BCUT2D eigenvalue weighted by Gasteiger charge is 2.43. The average molecular weight is 562 g/mol. The molecule has 0 unspecified atom stereocenters. The van der Waals surface area contributed by atoms with E-state index in [1.165, 1.54) is 19.1 Å². The summed E-state index contributed by atoms with van der Waals surface area (Å²) in [4.78, 5) is 12.2. The van der Waals surface area contributed by atoms with Gasteiger partial charge in [0, 0.05) is 5.02 Å². The van der Waals surface area contributed by atoms with Crippen molar-refractivity contribution in [2.24, 2.45) is 0 Å². The van der Waals surface area contributed by atoms with Crippen molar-refractivity contribution in [3.05, 3.63) is 66.9 Å². The van der Waals surface area contributed by atoms with Gasteiger partial charge in [0.2, 0.25) is 0 Å². The Bertz CT molecular complexity index is 1390. The minimum Gasteiger partial charge on any atom is -0.266 e. The van der Waals surface area contributed by atoms with Crippen LogP contribution in [0.4, 0.5) is 13.2 Å². The van der Waals surface area contributed by atoms with Gasteiger partial charge in [0.15, 0.2) is 11.4 Å². The van der Waals surface area contributed by atoms with E-state index in [0.29, 0.717) is 5.56 Å². The molecule has 1 N–H and O–H groups in total. The fourth-order valence-electron chi connectivity index (χ4n) is 2.82. The van der Waals surface area contributed by atoms with Crippen LogP contribution in [0.1, 0.15) is 27.3 Å². The molecular formula is C18H11Cl4F3N4O3S. The predicted molar refractivity (Wildman–Crippen MR) is 117 cm³/mol. The lowest BCUT2D eigenvalue weighted by atomic mass is 10.2. The molecule has 0 aliphatic heterocycles. The zero-order valence-corrected chi connectivity index (χ0v) is 20.3. The van der Waals surface area contributed by atoms with Gasteiger partial charge in [-0.25, -0.2) is 17.8 Å². The summed E-state index contributed by atoms with van der Waals surface area (Å²) in [7, 11) is -4.61. The van der Waals surface area contributed by atoms with Crippen molar-refractivity contribution in [1.82, 2.24) is 19.7 Å². The number of aromatic nitrogens is 3. The number of hydrogen-bond acceptors (Lipinski definition) is 5. The third kappa shape index (κ3) is 5.07. The van der Waals surface area contributed by atoms with Gasteiger partial charge in [-0.2, -0.15) is 13.2 Å². The lowest BCUT2D eigenvalue weighted by molar-refractivity contribution is -0.143. The maximum Gasteiger partial charge on any atom is 0.435 e. The van der Waals surface area contributed by atoms with Crippen LogP contribution < -0.4 is 4.72 Å². The number of alkyl halides is 3. The number of nitrogens with zero attached hydrogens (tertiary/aromatic N) is 3. The summed E-state index contributed by atoms with van der Waals surface area (Å²) < 4.78 is 68.9. The van der Waals surface area contributed by atoms with Gasteiger partial charge >= 0.3 is 6.18 Å². The van der Waals surface area contributed by atoms with Crippen molar-refractivity contribution in [2.45, 2.75) is 24.9 Å². The molecule has 0 atom stereocenters. The van der Waals surface area contributed by atoms with E-state index in [1.807, 2.05) is 0 Å². The van der Waals surface area contributed by atoms with Crippen molar-refractivity contribution < 1.29 is 26.4 Å². The highest BCUT2D eigenvalue weighted by atomic mass is 35.5. The molecule has 0 aliphatic carbocycles. The second-order valence-corrected chi connectivity index (χ2v) is 10.00. The van der Waals surface area contributed by atoms with Gasteiger partial charge in [-0.1, -0.05) is 51.6 Å². The number of carbonyl (C=O) groups excluding carboxylic acids is 1. The van der Waals surface area contributed by atoms with Gasteiger partial charge in [0.1, 0.15) is 0 Å². The van der Waals surface area contributed by atoms with Crippen molar-refractivity contribution >= 4 is 62.3 Å². The van der Waals surface area contributed by atoms with Crippen LogP contribution in [0, 0.1) is 13.8 Å². The van der Waals surface area contributed by atoms with Gasteiger partial charge in [-0.05, 0) is 49.2 Å². The third-order valence-corrected chi connectivity index (χ3v) is 7.20. The van der Waals surface area contributed by atoms with Crippen LogP contribution in [0.2, 0.25) is 20.1 Å². The van der Waals surface area contributed by atoms with Crippen molar-refractivity contribution in [1.29, 1.82) is 0 Å². The molecule has 1 aromatic heterocycles. The second kappa shape index (κ2) is 8.95. The molecule has 0 saturated heterocycles. The molecule has 0 saturated carbocycles. The predicted octanol–water partition coefficient (Wildman–Crippen LogP) is 5.64. The molecule has 0 bridgehead atoms. The smallest absolute Gasteiger partial charge is 0.266 e. The molecule has 7 nitrogen and oxygen atoms in total. The number of benzene rings is 2. The molecule has 33 heavy (non-hydrogen) atoms. The normalized spacial score (nSPS) is 12.2. The summed E-state index contributed by atoms with van der Waals surface area (Å²) >= 11 is 23.6. The molecule has 0 fully saturated rings. The van der Waals surface area contributed by atoms with Crippen LogP contribution >= 0.6 is 46.4 Å². The topological polar surface area (TPSA) is 93.9 Å². The Morgan fingerprint density at radius 1 is 0.970 bits per heavy atom. The Balaban J connectivity index is 2.11. The SMILES string of the molecule is Cc1cc(Cl)c(C)c(S(=O)(=O)NC(=O)c2nnn(-c3cc(Cl)c(Cl)cc3Cl)c2C(F)(F)F)c1. The molecule has 3 aromatic rings. The fraction of sp³-hybridized carbons (Fsp3) is 0.167. The van der Waals surface area contributed by atoms with Gasteiger partial charge in [-0.3, -0.25) is 4.79 Å². The molecule has 0 aliphatic rings. The van der Waals surface area contributed by atoms with Gasteiger partial charge in [0.25, 0.3) is 15.9 Å². The molecule has 0 spiro atoms. The molecule has 15 heteroatoms. The van der Waals surface area contributed by atoms with E-state index in [9.17, 15) is 26.4 Å². The lowest BCUT2D eigenvalue weighted by Gasteiger charge is -2.14. The van der Waals surface area contributed by atoms with Crippen molar-refractivity contribution in [3.63, 3.8) is 0 Å². The number of hydrogen-bond donors (Lipinski definition) is 1. The van der Waals surface area contributed by atoms with Crippen LogP contribution in [0.3, 0.4) is 0 Å². The minimum absolute atomic E-state index is 0.0321. The van der Waals surface area contributed by atoms with Crippen molar-refractivity contribution in [3.8, 4) is 5.69 Å². The van der Waals surface area contributed by atoms with E-state index in [0.717, 1.165) is 12.1 Å². The first kappa shape index (κ1) is 25.6. The zero-order valence-electron chi connectivity index (χ0n) is 16.4.